The molecule has 2 N–H and O–H groups in total. The molecule has 1 aromatic carbocycles. The van der Waals surface area contributed by atoms with Crippen LogP contribution in [-0.4, -0.2) is 25.3 Å². The van der Waals surface area contributed by atoms with E-state index in [-0.39, 0.29) is 6.04 Å². The zero-order valence-electron chi connectivity index (χ0n) is 12.3. The van der Waals surface area contributed by atoms with Crippen LogP contribution in [0.4, 0.5) is 5.69 Å². The highest BCUT2D eigenvalue weighted by molar-refractivity contribution is 7.89. The summed E-state index contributed by atoms with van der Waals surface area (Å²) in [5.41, 5.74) is 7.06. The summed E-state index contributed by atoms with van der Waals surface area (Å²) < 4.78 is 27.6. The maximum Gasteiger partial charge on any atom is 0.243 e. The molecule has 0 aromatic heterocycles. The van der Waals surface area contributed by atoms with Gasteiger partial charge in [0, 0.05) is 18.3 Å². The van der Waals surface area contributed by atoms with Crippen molar-refractivity contribution in [2.24, 2.45) is 0 Å². The zero-order chi connectivity index (χ0) is 14.8. The molecular weight excluding hydrogens is 272 g/mol. The fraction of sp³-hybridized carbons (Fsp3) is 0.600. The molecule has 1 saturated heterocycles. The van der Waals surface area contributed by atoms with Crippen LogP contribution < -0.4 is 5.73 Å². The lowest BCUT2D eigenvalue weighted by molar-refractivity contribution is 0.315. The Morgan fingerprint density at radius 3 is 2.75 bits per heavy atom. The number of sulfonamides is 1. The molecule has 1 aliphatic heterocycles. The highest BCUT2D eigenvalue weighted by Gasteiger charge is 2.32. The maximum absolute atomic E-state index is 13.0. The molecule has 1 atom stereocenters. The van der Waals surface area contributed by atoms with E-state index in [1.165, 1.54) is 0 Å². The first-order valence-electron chi connectivity index (χ1n) is 7.35. The highest BCUT2D eigenvalue weighted by Crippen LogP contribution is 2.29. The van der Waals surface area contributed by atoms with Gasteiger partial charge in [0.15, 0.2) is 0 Å². The van der Waals surface area contributed by atoms with E-state index in [0.29, 0.717) is 22.7 Å². The molecule has 1 aliphatic rings. The maximum atomic E-state index is 13.0. The standard InChI is InChI=1S/C15H24N2O2S/c1-3-13-8-5-4-6-11-17(13)20(18,19)15-10-7-9-14(16)12(15)2/h7,9-10,13H,3-6,8,11,16H2,1-2H3. The van der Waals surface area contributed by atoms with E-state index < -0.39 is 10.0 Å². The van der Waals surface area contributed by atoms with Gasteiger partial charge < -0.3 is 5.73 Å². The van der Waals surface area contributed by atoms with Crippen molar-refractivity contribution in [3.8, 4) is 0 Å². The van der Waals surface area contributed by atoms with Crippen molar-refractivity contribution in [2.75, 3.05) is 12.3 Å². The number of nitrogen functional groups attached to an aromatic ring is 1. The van der Waals surface area contributed by atoms with E-state index in [0.717, 1.165) is 32.1 Å². The molecule has 0 aliphatic carbocycles. The summed E-state index contributed by atoms with van der Waals surface area (Å²) in [5, 5.41) is 0. The van der Waals surface area contributed by atoms with Gasteiger partial charge in [-0.05, 0) is 43.9 Å². The Hall–Kier alpha value is -1.07. The second-order valence-electron chi connectivity index (χ2n) is 5.50. The average molecular weight is 296 g/mol. The van der Waals surface area contributed by atoms with Crippen LogP contribution >= 0.6 is 0 Å². The summed E-state index contributed by atoms with van der Waals surface area (Å²) in [6, 6.07) is 5.24. The average Bonchev–Trinajstić information content (AvgIpc) is 2.67. The van der Waals surface area contributed by atoms with Crippen LogP contribution in [0.3, 0.4) is 0 Å². The molecule has 1 heterocycles. The van der Waals surface area contributed by atoms with Crippen LogP contribution in [0.15, 0.2) is 23.1 Å². The first kappa shape index (κ1) is 15.3. The van der Waals surface area contributed by atoms with Crippen LogP contribution in [0, 0.1) is 6.92 Å². The fourth-order valence-corrected chi connectivity index (χ4v) is 4.94. The van der Waals surface area contributed by atoms with E-state index in [1.54, 1.807) is 29.4 Å². The Morgan fingerprint density at radius 2 is 2.05 bits per heavy atom. The molecule has 112 valence electrons. The van der Waals surface area contributed by atoms with Gasteiger partial charge in [-0.1, -0.05) is 25.8 Å². The second-order valence-corrected chi connectivity index (χ2v) is 7.36. The molecule has 0 amide bonds. The van der Waals surface area contributed by atoms with Crippen LogP contribution in [0.25, 0.3) is 0 Å². The lowest BCUT2D eigenvalue weighted by atomic mass is 10.1. The molecule has 5 heteroatoms. The molecule has 4 nitrogen and oxygen atoms in total. The number of rotatable bonds is 3. The largest absolute Gasteiger partial charge is 0.398 e. The van der Waals surface area contributed by atoms with E-state index in [1.807, 2.05) is 0 Å². The number of nitrogens with zero attached hydrogens (tertiary/aromatic N) is 1. The Labute approximate surface area is 122 Å². The van der Waals surface area contributed by atoms with Crippen molar-refractivity contribution in [3.63, 3.8) is 0 Å². The molecule has 2 rings (SSSR count). The minimum atomic E-state index is -3.45. The Kier molecular flexibility index (Phi) is 4.70. The lowest BCUT2D eigenvalue weighted by Gasteiger charge is -2.29. The number of hydrogen-bond acceptors (Lipinski definition) is 3. The highest BCUT2D eigenvalue weighted by atomic mass is 32.2. The molecular formula is C15H24N2O2S. The van der Waals surface area contributed by atoms with Gasteiger partial charge in [0.1, 0.15) is 0 Å². The molecule has 0 spiro atoms. The van der Waals surface area contributed by atoms with Gasteiger partial charge in [0.25, 0.3) is 0 Å². The van der Waals surface area contributed by atoms with Gasteiger partial charge in [0.05, 0.1) is 4.90 Å². The van der Waals surface area contributed by atoms with Gasteiger partial charge in [-0.2, -0.15) is 4.31 Å². The third-order valence-electron chi connectivity index (χ3n) is 4.21. The fourth-order valence-electron chi connectivity index (χ4n) is 2.91. The number of nitrogens with two attached hydrogens (primary N) is 1. The van der Waals surface area contributed by atoms with Crippen molar-refractivity contribution in [3.05, 3.63) is 23.8 Å². The van der Waals surface area contributed by atoms with E-state index >= 15 is 0 Å². The normalized spacial score (nSPS) is 21.6. The van der Waals surface area contributed by atoms with Crippen molar-refractivity contribution in [1.82, 2.24) is 4.31 Å². The van der Waals surface area contributed by atoms with Crippen molar-refractivity contribution < 1.29 is 8.42 Å². The summed E-state index contributed by atoms with van der Waals surface area (Å²) in [6.07, 6.45) is 4.98. The third-order valence-corrected chi connectivity index (χ3v) is 6.30. The summed E-state index contributed by atoms with van der Waals surface area (Å²) >= 11 is 0. The molecule has 1 fully saturated rings. The summed E-state index contributed by atoms with van der Waals surface area (Å²) in [6.45, 7) is 4.46. The Bertz CT molecular complexity index is 569. The molecule has 0 bridgehead atoms. The van der Waals surface area contributed by atoms with E-state index in [2.05, 4.69) is 6.92 Å². The second kappa shape index (κ2) is 6.14. The van der Waals surface area contributed by atoms with Gasteiger partial charge >= 0.3 is 0 Å². The van der Waals surface area contributed by atoms with Gasteiger partial charge in [-0.3, -0.25) is 0 Å². The van der Waals surface area contributed by atoms with Gasteiger partial charge in [-0.15, -0.1) is 0 Å². The van der Waals surface area contributed by atoms with E-state index in [9.17, 15) is 8.42 Å². The Balaban J connectivity index is 2.44. The lowest BCUT2D eigenvalue weighted by Crippen LogP contribution is -2.39. The monoisotopic (exact) mass is 296 g/mol. The van der Waals surface area contributed by atoms with Gasteiger partial charge in [-0.25, -0.2) is 8.42 Å². The summed E-state index contributed by atoms with van der Waals surface area (Å²) in [5.74, 6) is 0. The topological polar surface area (TPSA) is 63.4 Å². The molecule has 20 heavy (non-hydrogen) atoms. The quantitative estimate of drug-likeness (QED) is 0.872. The third kappa shape index (κ3) is 2.83. The van der Waals surface area contributed by atoms with Crippen molar-refractivity contribution in [2.45, 2.75) is 56.9 Å². The minimum Gasteiger partial charge on any atom is -0.398 e. The smallest absolute Gasteiger partial charge is 0.243 e. The number of anilines is 1. The molecule has 1 aromatic rings. The Morgan fingerprint density at radius 1 is 1.30 bits per heavy atom. The minimum absolute atomic E-state index is 0.114. The molecule has 0 saturated carbocycles. The number of benzene rings is 1. The molecule has 0 radical (unpaired) electrons. The van der Waals surface area contributed by atoms with Crippen LogP contribution in [0.5, 0.6) is 0 Å². The van der Waals surface area contributed by atoms with Crippen molar-refractivity contribution in [1.29, 1.82) is 0 Å². The molecule has 1 unspecified atom stereocenters. The first-order chi connectivity index (χ1) is 9.48. The SMILES string of the molecule is CCC1CCCCCN1S(=O)(=O)c1cccc(N)c1C. The van der Waals surface area contributed by atoms with Crippen LogP contribution in [0.2, 0.25) is 0 Å². The predicted molar refractivity (Wildman–Crippen MR) is 82.0 cm³/mol. The van der Waals surface area contributed by atoms with Crippen LogP contribution in [-0.2, 0) is 10.0 Å². The van der Waals surface area contributed by atoms with Gasteiger partial charge in [0.2, 0.25) is 10.0 Å². The van der Waals surface area contributed by atoms with Crippen LogP contribution in [0.1, 0.15) is 44.6 Å². The summed E-state index contributed by atoms with van der Waals surface area (Å²) in [7, 11) is -3.45. The van der Waals surface area contributed by atoms with E-state index in [4.69, 9.17) is 5.73 Å². The summed E-state index contributed by atoms with van der Waals surface area (Å²) in [4.78, 5) is 0.359. The van der Waals surface area contributed by atoms with Crippen molar-refractivity contribution >= 4 is 15.7 Å². The number of hydrogen-bond donors (Lipinski definition) is 1. The predicted octanol–water partition coefficient (Wildman–Crippen LogP) is 2.92. The first-order valence-corrected chi connectivity index (χ1v) is 8.79. The zero-order valence-corrected chi connectivity index (χ0v) is 13.1.